The second kappa shape index (κ2) is 7.67. The summed E-state index contributed by atoms with van der Waals surface area (Å²) >= 11 is 0. The van der Waals surface area contributed by atoms with Crippen LogP contribution in [-0.2, 0) is 0 Å². The van der Waals surface area contributed by atoms with Crippen molar-refractivity contribution < 1.29 is 13.5 Å². The summed E-state index contributed by atoms with van der Waals surface area (Å²) in [6.45, 7) is 0.609. The van der Waals surface area contributed by atoms with E-state index in [2.05, 4.69) is 5.92 Å². The molecule has 0 aliphatic heterocycles. The number of fused-ring (bicyclic) bond motifs is 1. The summed E-state index contributed by atoms with van der Waals surface area (Å²) in [5.41, 5.74) is 0.838. The first-order valence-electron chi connectivity index (χ1n) is 8.07. The molecule has 3 rings (SSSR count). The van der Waals surface area contributed by atoms with Crippen molar-refractivity contribution in [2.75, 3.05) is 6.61 Å². The average molecular weight is 336 g/mol. The second-order valence-electron chi connectivity index (χ2n) is 5.65. The first-order valence-corrected chi connectivity index (χ1v) is 8.07. The van der Waals surface area contributed by atoms with Crippen LogP contribution in [0.2, 0.25) is 0 Å². The Balaban J connectivity index is 1.76. The highest BCUT2D eigenvalue weighted by atomic mass is 19.1. The zero-order valence-electron chi connectivity index (χ0n) is 13.6. The number of unbranched alkanes of at least 4 members (excludes halogenated alkanes) is 2. The Hall–Kier alpha value is -3.06. The van der Waals surface area contributed by atoms with Crippen molar-refractivity contribution in [2.24, 2.45) is 0 Å². The fourth-order valence-electron chi connectivity index (χ4n) is 2.51. The normalized spacial score (nSPS) is 10.6. The van der Waals surface area contributed by atoms with Crippen molar-refractivity contribution >= 4 is 11.0 Å². The number of hydrogen-bond acceptors (Lipinski definition) is 3. The van der Waals surface area contributed by atoms with Gasteiger partial charge in [0, 0.05) is 18.1 Å². The summed E-state index contributed by atoms with van der Waals surface area (Å²) in [5, 5.41) is 0.232. The molecule has 1 heterocycles. The third-order valence-corrected chi connectivity index (χ3v) is 3.81. The molecule has 0 bridgehead atoms. The van der Waals surface area contributed by atoms with Gasteiger partial charge in [0.2, 0.25) is 0 Å². The molecule has 0 radical (unpaired) electrons. The van der Waals surface area contributed by atoms with Crippen molar-refractivity contribution in [3.05, 3.63) is 64.6 Å². The smallest absolute Gasteiger partial charge is 0.193 e. The fraction of sp³-hybridized carbons (Fsp3) is 0.190. The number of hydrogen-bond donors (Lipinski definition) is 0. The summed E-state index contributed by atoms with van der Waals surface area (Å²) < 4.78 is 24.6. The van der Waals surface area contributed by atoms with E-state index >= 15 is 0 Å². The monoisotopic (exact) mass is 336 g/mol. The van der Waals surface area contributed by atoms with Crippen LogP contribution in [0.3, 0.4) is 0 Å². The minimum atomic E-state index is -0.462. The molecule has 3 aromatic rings. The topological polar surface area (TPSA) is 39.4 Å². The molecule has 0 spiro atoms. The van der Waals surface area contributed by atoms with E-state index < -0.39 is 5.82 Å². The number of rotatable bonds is 6. The molecular weight excluding hydrogens is 319 g/mol. The summed E-state index contributed by atoms with van der Waals surface area (Å²) in [5.74, 6) is 3.32. The van der Waals surface area contributed by atoms with Gasteiger partial charge in [-0.3, -0.25) is 4.79 Å². The van der Waals surface area contributed by atoms with Crippen molar-refractivity contribution in [2.45, 2.75) is 19.3 Å². The molecule has 0 N–H and O–H groups in total. The van der Waals surface area contributed by atoms with Crippen LogP contribution >= 0.6 is 0 Å². The molecule has 4 heteroatoms. The lowest BCUT2D eigenvalue weighted by Crippen LogP contribution is -2.01. The van der Waals surface area contributed by atoms with Gasteiger partial charge in [0.1, 0.15) is 22.9 Å². The van der Waals surface area contributed by atoms with Crippen molar-refractivity contribution in [3.8, 4) is 29.4 Å². The third kappa shape index (κ3) is 4.07. The Morgan fingerprint density at radius 2 is 1.88 bits per heavy atom. The highest BCUT2D eigenvalue weighted by Crippen LogP contribution is 2.24. The molecular formula is C21H17FO3. The molecule has 3 nitrogen and oxygen atoms in total. The van der Waals surface area contributed by atoms with E-state index in [1.807, 2.05) is 24.3 Å². The summed E-state index contributed by atoms with van der Waals surface area (Å²) in [7, 11) is 0. The lowest BCUT2D eigenvalue weighted by Gasteiger charge is -2.07. The summed E-state index contributed by atoms with van der Waals surface area (Å²) in [6, 6.07) is 12.6. The molecule has 25 heavy (non-hydrogen) atoms. The molecule has 0 saturated heterocycles. The Kier molecular flexibility index (Phi) is 5.15. The molecule has 1 aromatic heterocycles. The number of ether oxygens (including phenoxy) is 1. The maximum Gasteiger partial charge on any atom is 0.193 e. The number of benzene rings is 2. The van der Waals surface area contributed by atoms with Crippen LogP contribution in [0.1, 0.15) is 19.3 Å². The van der Waals surface area contributed by atoms with Gasteiger partial charge in [0.25, 0.3) is 0 Å². The standard InChI is InChI=1S/C21H17FO3/c1-2-3-4-5-12-24-17-9-6-15(7-10-17)21-14-19(23)18-13-16(22)8-11-20(18)25-21/h1,6-11,13-14H,3-5,12H2. The van der Waals surface area contributed by atoms with Gasteiger partial charge in [-0.2, -0.15) is 0 Å². The SMILES string of the molecule is C#CCCCCOc1ccc(-c2cc(=O)c3cc(F)ccc3o2)cc1. The van der Waals surface area contributed by atoms with E-state index in [0.717, 1.165) is 30.6 Å². The van der Waals surface area contributed by atoms with E-state index in [-0.39, 0.29) is 10.8 Å². The van der Waals surface area contributed by atoms with Crippen LogP contribution in [-0.4, -0.2) is 6.61 Å². The van der Waals surface area contributed by atoms with Crippen LogP contribution in [0.4, 0.5) is 4.39 Å². The summed E-state index contributed by atoms with van der Waals surface area (Å²) in [6.07, 6.45) is 7.81. The largest absolute Gasteiger partial charge is 0.494 e. The fourth-order valence-corrected chi connectivity index (χ4v) is 2.51. The van der Waals surface area contributed by atoms with Crippen LogP contribution in [0, 0.1) is 18.2 Å². The van der Waals surface area contributed by atoms with Crippen LogP contribution in [0.15, 0.2) is 57.7 Å². The third-order valence-electron chi connectivity index (χ3n) is 3.81. The highest BCUT2D eigenvalue weighted by Gasteiger charge is 2.08. The van der Waals surface area contributed by atoms with Crippen molar-refractivity contribution in [3.63, 3.8) is 0 Å². The minimum absolute atomic E-state index is 0.232. The first-order chi connectivity index (χ1) is 12.2. The molecule has 0 atom stereocenters. The van der Waals surface area contributed by atoms with Gasteiger partial charge in [-0.15, -0.1) is 12.3 Å². The van der Waals surface area contributed by atoms with E-state index in [0.29, 0.717) is 18.0 Å². The van der Waals surface area contributed by atoms with Gasteiger partial charge in [-0.1, -0.05) is 0 Å². The van der Waals surface area contributed by atoms with Crippen LogP contribution in [0.5, 0.6) is 5.75 Å². The van der Waals surface area contributed by atoms with E-state index in [1.165, 1.54) is 24.3 Å². The molecule has 126 valence electrons. The van der Waals surface area contributed by atoms with Crippen molar-refractivity contribution in [1.29, 1.82) is 0 Å². The maximum atomic E-state index is 13.3. The minimum Gasteiger partial charge on any atom is -0.494 e. The quantitative estimate of drug-likeness (QED) is 0.480. The zero-order chi connectivity index (χ0) is 17.6. The first kappa shape index (κ1) is 16.8. The Morgan fingerprint density at radius 1 is 1.08 bits per heavy atom. The van der Waals surface area contributed by atoms with E-state index in [4.69, 9.17) is 15.6 Å². The highest BCUT2D eigenvalue weighted by molar-refractivity contribution is 5.78. The number of halogens is 1. The molecule has 0 unspecified atom stereocenters. The molecule has 0 saturated carbocycles. The second-order valence-corrected chi connectivity index (χ2v) is 5.65. The predicted octanol–water partition coefficient (Wildman–Crippen LogP) is 4.78. The Labute approximate surface area is 145 Å². The zero-order valence-corrected chi connectivity index (χ0v) is 13.6. The molecule has 0 amide bonds. The lowest BCUT2D eigenvalue weighted by molar-refractivity contribution is 0.307. The lowest BCUT2D eigenvalue weighted by atomic mass is 10.1. The van der Waals surface area contributed by atoms with Gasteiger partial charge >= 0.3 is 0 Å². The Bertz CT molecular complexity index is 965. The van der Waals surface area contributed by atoms with Gasteiger partial charge in [-0.25, -0.2) is 4.39 Å². The number of terminal acetylenes is 1. The van der Waals surface area contributed by atoms with Gasteiger partial charge in [-0.05, 0) is 55.3 Å². The maximum absolute atomic E-state index is 13.3. The molecule has 2 aromatic carbocycles. The van der Waals surface area contributed by atoms with Gasteiger partial charge in [0.15, 0.2) is 5.43 Å². The van der Waals surface area contributed by atoms with Gasteiger partial charge < -0.3 is 9.15 Å². The van der Waals surface area contributed by atoms with E-state index in [1.54, 1.807) is 0 Å². The Morgan fingerprint density at radius 3 is 2.64 bits per heavy atom. The molecule has 0 aliphatic rings. The molecule has 0 aliphatic carbocycles. The predicted molar refractivity (Wildman–Crippen MR) is 96.1 cm³/mol. The van der Waals surface area contributed by atoms with Crippen molar-refractivity contribution in [1.82, 2.24) is 0 Å². The average Bonchev–Trinajstić information content (AvgIpc) is 2.62. The van der Waals surface area contributed by atoms with Gasteiger partial charge in [0.05, 0.1) is 12.0 Å². The van der Waals surface area contributed by atoms with E-state index in [9.17, 15) is 9.18 Å². The van der Waals surface area contributed by atoms with Crippen LogP contribution in [0.25, 0.3) is 22.3 Å². The summed E-state index contributed by atoms with van der Waals surface area (Å²) in [4.78, 5) is 12.2. The van der Waals surface area contributed by atoms with Crippen LogP contribution < -0.4 is 10.2 Å². The molecule has 0 fully saturated rings.